The Morgan fingerprint density at radius 2 is 2.29 bits per heavy atom. The van der Waals surface area contributed by atoms with Crippen LogP contribution in [0.25, 0.3) is 0 Å². The zero-order valence-electron chi connectivity index (χ0n) is 9.06. The first-order chi connectivity index (χ1) is 8.10. The van der Waals surface area contributed by atoms with E-state index in [9.17, 15) is 14.5 Å². The van der Waals surface area contributed by atoms with Gasteiger partial charge in [0, 0.05) is 0 Å². The molecule has 1 aromatic heterocycles. The van der Waals surface area contributed by atoms with Crippen LogP contribution in [-0.2, 0) is 16.1 Å². The topological polar surface area (TPSA) is 128 Å². The molecule has 1 rings (SSSR count). The first kappa shape index (κ1) is 12.9. The Morgan fingerprint density at radius 3 is 2.88 bits per heavy atom. The molecule has 0 spiro atoms. The molecular weight excluding hydrogens is 234 g/mol. The van der Waals surface area contributed by atoms with Crippen LogP contribution in [-0.4, -0.2) is 35.3 Å². The van der Waals surface area contributed by atoms with Crippen LogP contribution in [0.15, 0.2) is 4.63 Å². The second-order valence-corrected chi connectivity index (χ2v) is 2.92. The molecule has 9 nitrogen and oxygen atoms in total. The fourth-order valence-electron chi connectivity index (χ4n) is 1.08. The van der Waals surface area contributed by atoms with Crippen LogP contribution in [0.5, 0.6) is 0 Å². The largest absolute Gasteiger partial charge is 0.465 e. The van der Waals surface area contributed by atoms with Gasteiger partial charge in [-0.2, -0.15) is 0 Å². The quantitative estimate of drug-likeness (QED) is 0.532. The van der Waals surface area contributed by atoms with Gasteiger partial charge in [0.15, 0.2) is 4.60 Å². The highest BCUT2D eigenvalue weighted by molar-refractivity contribution is 5.93. The highest BCUT2D eigenvalue weighted by atomic mass is 16.7. The normalized spacial score (nSPS) is 10.0. The second kappa shape index (κ2) is 5.80. The highest BCUT2D eigenvalue weighted by Gasteiger charge is 2.27. The predicted molar refractivity (Wildman–Crippen MR) is 51.3 cm³/mol. The minimum atomic E-state index is -0.845. The van der Waals surface area contributed by atoms with Crippen molar-refractivity contribution in [3.63, 3.8) is 0 Å². The molecule has 0 aromatic carbocycles. The number of carbonyl (C=O) groups excluding carboxylic acids is 2. The molecule has 3 N–H and O–H groups in total. The lowest BCUT2D eigenvalue weighted by molar-refractivity contribution is -0.714. The molecule has 1 amide bonds. The number of hydrogen-bond donors (Lipinski definition) is 3. The van der Waals surface area contributed by atoms with Gasteiger partial charge < -0.3 is 15.2 Å². The molecular formula is C8H12N3O6+. The Labute approximate surface area is 94.9 Å². The number of nitrogens with one attached hydrogen (secondary N) is 2. The Balaban J connectivity index is 2.67. The molecule has 17 heavy (non-hydrogen) atoms. The molecule has 0 unspecified atom stereocenters. The second-order valence-electron chi connectivity index (χ2n) is 2.92. The molecule has 0 aliphatic heterocycles. The van der Waals surface area contributed by atoms with E-state index in [0.29, 0.717) is 0 Å². The van der Waals surface area contributed by atoms with Crippen molar-refractivity contribution < 1.29 is 28.7 Å². The lowest BCUT2D eigenvalue weighted by atomic mass is 10.3. The number of aromatic amines is 1. The molecule has 94 valence electrons. The van der Waals surface area contributed by atoms with Crippen molar-refractivity contribution in [3.8, 4) is 0 Å². The van der Waals surface area contributed by atoms with Crippen LogP contribution < -0.4 is 9.92 Å². The van der Waals surface area contributed by atoms with Crippen LogP contribution in [0.3, 0.4) is 0 Å². The van der Waals surface area contributed by atoms with Gasteiger partial charge in [-0.05, 0) is 11.8 Å². The molecule has 0 atom stereocenters. The van der Waals surface area contributed by atoms with E-state index < -0.39 is 24.2 Å². The number of H-pyrrole nitrogens is 1. The third-order valence-electron chi connectivity index (χ3n) is 1.79. The molecule has 0 saturated carbocycles. The van der Waals surface area contributed by atoms with Crippen molar-refractivity contribution in [2.75, 3.05) is 13.2 Å². The van der Waals surface area contributed by atoms with Crippen LogP contribution in [0.1, 0.15) is 23.1 Å². The number of carbonyl (C=O) groups is 2. The summed E-state index contributed by atoms with van der Waals surface area (Å²) in [7, 11) is 0. The summed E-state index contributed by atoms with van der Waals surface area (Å²) in [5.41, 5.74) is -0.516. The van der Waals surface area contributed by atoms with Crippen LogP contribution in [0, 0.1) is 4.91 Å². The van der Waals surface area contributed by atoms with Gasteiger partial charge in [-0.3, -0.25) is 9.59 Å². The predicted octanol–water partition coefficient (Wildman–Crippen LogP) is -1.69. The van der Waals surface area contributed by atoms with Crippen LogP contribution >= 0.6 is 0 Å². The van der Waals surface area contributed by atoms with Gasteiger partial charge in [0.1, 0.15) is 13.2 Å². The maximum absolute atomic E-state index is 11.5. The summed E-state index contributed by atoms with van der Waals surface area (Å²) in [4.78, 5) is 33.5. The van der Waals surface area contributed by atoms with Gasteiger partial charge in [0.25, 0.3) is 0 Å². The van der Waals surface area contributed by atoms with Gasteiger partial charge >= 0.3 is 17.6 Å². The lowest BCUT2D eigenvalue weighted by Gasteiger charge is -2.01. The Morgan fingerprint density at radius 1 is 1.59 bits per heavy atom. The number of aromatic nitrogens is 2. The minimum Gasteiger partial charge on any atom is -0.465 e. The van der Waals surface area contributed by atoms with E-state index >= 15 is 0 Å². The van der Waals surface area contributed by atoms with Crippen LogP contribution in [0.4, 0.5) is 0 Å². The van der Waals surface area contributed by atoms with E-state index in [2.05, 4.69) is 19.8 Å². The number of aliphatic hydroxyl groups excluding tert-OH is 1. The number of aliphatic hydroxyl groups is 1. The molecule has 0 saturated heterocycles. The molecule has 1 heterocycles. The average Bonchev–Trinajstić information content (AvgIpc) is 2.68. The fourth-order valence-corrected chi connectivity index (χ4v) is 1.08. The number of rotatable bonds is 5. The van der Waals surface area contributed by atoms with Gasteiger partial charge in [0.05, 0.1) is 6.61 Å². The zero-order valence-corrected chi connectivity index (χ0v) is 9.06. The lowest BCUT2D eigenvalue weighted by Crippen LogP contribution is -2.36. The molecule has 0 radical (unpaired) electrons. The van der Waals surface area contributed by atoms with Crippen molar-refractivity contribution in [1.82, 2.24) is 10.5 Å². The van der Waals surface area contributed by atoms with Gasteiger partial charge in [-0.25, -0.2) is 0 Å². The molecule has 9 heteroatoms. The van der Waals surface area contributed by atoms with E-state index in [1.54, 1.807) is 6.92 Å². The smallest absolute Gasteiger partial charge is 0.334 e. The maximum Gasteiger partial charge on any atom is 0.334 e. The standard InChI is InChI=1S/C8H11N3O6/c1-2-16-6(13)3-9-8(14)7-5(4-12)10-17-11(7)15/h12H,2-4H2,1H3,(H-,9,10,14,15)/p+1. The summed E-state index contributed by atoms with van der Waals surface area (Å²) < 4.78 is 8.75. The molecule has 0 aliphatic carbocycles. The average molecular weight is 246 g/mol. The molecule has 1 aromatic rings. The first-order valence-electron chi connectivity index (χ1n) is 4.78. The summed E-state index contributed by atoms with van der Waals surface area (Å²) in [6, 6.07) is 0. The number of hydrogen-bond acceptors (Lipinski definition) is 6. The monoisotopic (exact) mass is 246 g/mol. The van der Waals surface area contributed by atoms with E-state index in [-0.39, 0.29) is 23.4 Å². The first-order valence-corrected chi connectivity index (χ1v) is 4.78. The number of ether oxygens (including phenoxy) is 1. The number of esters is 1. The summed E-state index contributed by atoms with van der Waals surface area (Å²) in [6.45, 7) is 0.876. The Bertz CT molecular complexity index is 462. The summed E-state index contributed by atoms with van der Waals surface area (Å²) in [5.74, 6) is -1.47. The van der Waals surface area contributed by atoms with E-state index in [1.165, 1.54) is 0 Å². The van der Waals surface area contributed by atoms with Crippen molar-refractivity contribution in [2.24, 2.45) is 0 Å². The van der Waals surface area contributed by atoms with E-state index in [0.717, 1.165) is 0 Å². The third kappa shape index (κ3) is 3.14. The summed E-state index contributed by atoms with van der Waals surface area (Å²) >= 11 is 0. The van der Waals surface area contributed by atoms with E-state index in [4.69, 9.17) is 5.11 Å². The van der Waals surface area contributed by atoms with Crippen molar-refractivity contribution >= 4 is 11.9 Å². The van der Waals surface area contributed by atoms with Crippen molar-refractivity contribution in [1.29, 1.82) is 0 Å². The summed E-state index contributed by atoms with van der Waals surface area (Å²) in [6.07, 6.45) is 0. The van der Waals surface area contributed by atoms with E-state index in [1.807, 2.05) is 0 Å². The highest BCUT2D eigenvalue weighted by Crippen LogP contribution is 1.98. The Hall–Kier alpha value is -2.16. The molecule has 0 aliphatic rings. The molecule has 0 fully saturated rings. The van der Waals surface area contributed by atoms with Crippen molar-refractivity contribution in [3.05, 3.63) is 16.3 Å². The van der Waals surface area contributed by atoms with Gasteiger partial charge in [0.2, 0.25) is 5.69 Å². The van der Waals surface area contributed by atoms with Crippen LogP contribution in [0.2, 0.25) is 0 Å². The van der Waals surface area contributed by atoms with Crippen molar-refractivity contribution in [2.45, 2.75) is 13.5 Å². The van der Waals surface area contributed by atoms with Gasteiger partial charge in [-0.15, -0.1) is 0 Å². The SMILES string of the molecule is CCOC(=O)CNC(=O)c1c(CO)[nH]o[n+]1=O. The van der Waals surface area contributed by atoms with Gasteiger partial charge in [-0.1, -0.05) is 9.79 Å². The number of amides is 1. The number of nitrogens with zero attached hydrogens (tertiary/aromatic N) is 1. The maximum atomic E-state index is 11.5. The third-order valence-corrected chi connectivity index (χ3v) is 1.79. The Kier molecular flexibility index (Phi) is 4.40. The fraction of sp³-hybridized carbons (Fsp3) is 0.500. The minimum absolute atomic E-state index is 0.0821. The summed E-state index contributed by atoms with van der Waals surface area (Å²) in [5, 5.41) is 13.1. The molecule has 0 bridgehead atoms. The zero-order chi connectivity index (χ0) is 12.8.